The number of aromatic nitrogens is 3. The van der Waals surface area contributed by atoms with Crippen LogP contribution < -0.4 is 18.9 Å². The van der Waals surface area contributed by atoms with Crippen molar-refractivity contribution in [2.45, 2.75) is 0 Å². The Hall–Kier alpha value is -0.603. The first kappa shape index (κ1) is 12.5. The first-order valence-electron chi connectivity index (χ1n) is 4.15. The maximum atomic E-state index is 4.92. The third kappa shape index (κ3) is 2.92. The van der Waals surface area contributed by atoms with Gasteiger partial charge in [0.1, 0.15) is 0 Å². The number of thioether (sulfide) groups is 1. The van der Waals surface area contributed by atoms with Crippen molar-refractivity contribution >= 4 is 22.8 Å². The van der Waals surface area contributed by atoms with Gasteiger partial charge in [0, 0.05) is 12.6 Å². The van der Waals surface area contributed by atoms with Crippen LogP contribution in [0.3, 0.4) is 0 Å². The molecule has 15 heavy (non-hydrogen) atoms. The van der Waals surface area contributed by atoms with E-state index in [0.717, 1.165) is 11.0 Å². The van der Waals surface area contributed by atoms with Crippen molar-refractivity contribution < 1.29 is 23.6 Å². The molecule has 1 aromatic heterocycles. The number of fused-ring (bicyclic) bond motifs is 1. The molecule has 4 nitrogen and oxygen atoms in total. The quantitative estimate of drug-likeness (QED) is 0.276. The van der Waals surface area contributed by atoms with Gasteiger partial charge in [-0.05, 0) is 0 Å². The summed E-state index contributed by atoms with van der Waals surface area (Å²) in [7, 11) is 1.67. The van der Waals surface area contributed by atoms with Crippen LogP contribution in [0, 0.1) is 5.88 Å². The average molecular weight is 215 g/mol. The maximum absolute atomic E-state index is 4.92. The summed E-state index contributed by atoms with van der Waals surface area (Å²) < 4.78 is 6.67. The van der Waals surface area contributed by atoms with Gasteiger partial charge in [-0.15, -0.1) is 6.07 Å². The molecular formula is C9H10LiN3OS. The molecule has 2 rings (SSSR count). The zero-order valence-corrected chi connectivity index (χ0v) is 9.57. The fraction of sp³-hybridized carbons (Fsp3) is 0.222. The molecule has 2 aromatic rings. The molecule has 1 heterocycles. The van der Waals surface area contributed by atoms with E-state index in [1.54, 1.807) is 11.8 Å². The van der Waals surface area contributed by atoms with Crippen LogP contribution >= 0.6 is 11.8 Å². The topological polar surface area (TPSA) is 39.9 Å². The number of hydrogen-bond donors (Lipinski definition) is 0. The first-order chi connectivity index (χ1) is 6.92. The third-order valence-corrected chi connectivity index (χ3v) is 2.46. The predicted octanol–water partition coefficient (Wildman–Crippen LogP) is -1.26. The monoisotopic (exact) mass is 215 g/mol. The van der Waals surface area contributed by atoms with E-state index in [2.05, 4.69) is 10.3 Å². The summed E-state index contributed by atoms with van der Waals surface area (Å²) in [5.41, 5.74) is 1.91. The molecule has 74 valence electrons. The van der Waals surface area contributed by atoms with Crippen molar-refractivity contribution in [3.63, 3.8) is 0 Å². The van der Waals surface area contributed by atoms with Crippen LogP contribution in [0.4, 0.5) is 0 Å². The summed E-state index contributed by atoms with van der Waals surface area (Å²) in [5, 5.41) is 8.03. The third-order valence-electron chi connectivity index (χ3n) is 1.74. The van der Waals surface area contributed by atoms with Crippen molar-refractivity contribution in [1.82, 2.24) is 15.0 Å². The SMILES string of the molecule is COCS[CH-]n1nnc2ccccc21.[Li+]. The Kier molecular flexibility index (Phi) is 5.06. The number of hydrogen-bond acceptors (Lipinski definition) is 4. The molecule has 0 fully saturated rings. The Labute approximate surface area is 105 Å². The summed E-state index contributed by atoms with van der Waals surface area (Å²) >= 11 is 1.54. The first-order valence-corrected chi connectivity index (χ1v) is 5.20. The van der Waals surface area contributed by atoms with Crippen LogP contribution in [-0.2, 0) is 4.74 Å². The molecule has 0 N–H and O–H groups in total. The number of rotatable bonds is 4. The fourth-order valence-corrected chi connectivity index (χ4v) is 1.63. The minimum Gasteiger partial charge on any atom is -0.375 e. The predicted molar refractivity (Wildman–Crippen MR) is 56.7 cm³/mol. The summed E-state index contributed by atoms with van der Waals surface area (Å²) in [6.07, 6.45) is 0. The fourth-order valence-electron chi connectivity index (χ4n) is 1.13. The van der Waals surface area contributed by atoms with E-state index >= 15 is 0 Å². The van der Waals surface area contributed by atoms with Gasteiger partial charge in [-0.25, -0.2) is 0 Å². The molecule has 0 aliphatic carbocycles. The van der Waals surface area contributed by atoms with E-state index in [4.69, 9.17) is 4.74 Å². The van der Waals surface area contributed by atoms with Gasteiger partial charge < -0.3 is 9.42 Å². The minimum atomic E-state index is 0. The van der Waals surface area contributed by atoms with Crippen molar-refractivity contribution in [3.05, 3.63) is 30.1 Å². The van der Waals surface area contributed by atoms with Crippen molar-refractivity contribution in [1.29, 1.82) is 0 Å². The van der Waals surface area contributed by atoms with Gasteiger partial charge in [0.15, 0.2) is 0 Å². The van der Waals surface area contributed by atoms with Gasteiger partial charge in [0.05, 0.1) is 5.94 Å². The molecule has 0 saturated carbocycles. The molecule has 0 radical (unpaired) electrons. The zero-order valence-electron chi connectivity index (χ0n) is 8.75. The normalized spacial score (nSPS) is 9.93. The average Bonchev–Trinajstić information content (AvgIpc) is 2.63. The van der Waals surface area contributed by atoms with Crippen LogP contribution in [0.1, 0.15) is 0 Å². The number of para-hydroxylation sites is 1. The smallest absolute Gasteiger partial charge is 0.375 e. The van der Waals surface area contributed by atoms with Crippen LogP contribution in [0.15, 0.2) is 24.3 Å². The molecular weight excluding hydrogens is 205 g/mol. The molecule has 0 atom stereocenters. The van der Waals surface area contributed by atoms with E-state index in [1.165, 1.54) is 11.8 Å². The zero-order chi connectivity index (χ0) is 9.80. The second kappa shape index (κ2) is 6.08. The van der Waals surface area contributed by atoms with E-state index in [-0.39, 0.29) is 18.9 Å². The van der Waals surface area contributed by atoms with Crippen molar-refractivity contribution in [2.75, 3.05) is 13.0 Å². The van der Waals surface area contributed by atoms with Gasteiger partial charge in [-0.2, -0.15) is 16.9 Å². The number of benzene rings is 1. The van der Waals surface area contributed by atoms with E-state index in [0.29, 0.717) is 5.94 Å². The summed E-state index contributed by atoms with van der Waals surface area (Å²) in [4.78, 5) is 0. The van der Waals surface area contributed by atoms with E-state index in [1.807, 2.05) is 30.1 Å². The number of ether oxygens (including phenoxy) is 1. The molecule has 0 unspecified atom stereocenters. The van der Waals surface area contributed by atoms with Crippen LogP contribution in [0.2, 0.25) is 0 Å². The van der Waals surface area contributed by atoms with E-state index in [9.17, 15) is 0 Å². The Morgan fingerprint density at radius 3 is 3.07 bits per heavy atom. The van der Waals surface area contributed by atoms with Gasteiger partial charge in [0.25, 0.3) is 0 Å². The van der Waals surface area contributed by atoms with Gasteiger partial charge in [-0.1, -0.05) is 34.8 Å². The Bertz CT molecular complexity index is 420. The molecule has 0 bridgehead atoms. The second-order valence-electron chi connectivity index (χ2n) is 2.70. The minimum absolute atomic E-state index is 0. The molecule has 0 amide bonds. The van der Waals surface area contributed by atoms with Gasteiger partial charge in [-0.3, -0.25) is 0 Å². The standard InChI is InChI=1S/C9H10N3OS.Li/c1-13-7-14-6-12-9-5-3-2-4-8(9)10-11-12;/h2-6H,7H2,1H3;/q-1;+1. The van der Waals surface area contributed by atoms with Crippen LogP contribution in [-0.4, -0.2) is 28.0 Å². The summed E-state index contributed by atoms with van der Waals surface area (Å²) in [6.45, 7) is 0. The summed E-state index contributed by atoms with van der Waals surface area (Å²) in [5.74, 6) is 2.51. The Morgan fingerprint density at radius 1 is 1.47 bits per heavy atom. The molecule has 0 spiro atoms. The number of nitrogens with zero attached hydrogens (tertiary/aromatic N) is 3. The van der Waals surface area contributed by atoms with Crippen molar-refractivity contribution in [3.8, 4) is 0 Å². The molecule has 0 aliphatic rings. The Morgan fingerprint density at radius 2 is 2.27 bits per heavy atom. The Balaban J connectivity index is 0.00000112. The van der Waals surface area contributed by atoms with E-state index < -0.39 is 0 Å². The second-order valence-corrected chi connectivity index (χ2v) is 3.48. The van der Waals surface area contributed by atoms with Crippen LogP contribution in [0.5, 0.6) is 0 Å². The largest absolute Gasteiger partial charge is 1.00 e. The molecule has 0 saturated heterocycles. The van der Waals surface area contributed by atoms with Crippen molar-refractivity contribution in [2.24, 2.45) is 0 Å². The van der Waals surface area contributed by atoms with Crippen LogP contribution in [0.25, 0.3) is 11.0 Å². The molecule has 6 heteroatoms. The molecule has 1 aromatic carbocycles. The van der Waals surface area contributed by atoms with Gasteiger partial charge >= 0.3 is 18.9 Å². The maximum Gasteiger partial charge on any atom is 1.00 e. The molecule has 0 aliphatic heterocycles. The number of methoxy groups -OCH3 is 1. The van der Waals surface area contributed by atoms with Gasteiger partial charge in [0.2, 0.25) is 0 Å². The summed E-state index contributed by atoms with van der Waals surface area (Å²) in [6, 6.07) is 7.84.